The van der Waals surface area contributed by atoms with Crippen LogP contribution in [0.3, 0.4) is 0 Å². The maximum absolute atomic E-state index is 13.9. The van der Waals surface area contributed by atoms with E-state index in [1.54, 1.807) is 24.3 Å². The van der Waals surface area contributed by atoms with Crippen LogP contribution in [0.2, 0.25) is 0 Å². The number of carbonyl (C=O) groups is 2. The Bertz CT molecular complexity index is 1950. The van der Waals surface area contributed by atoms with Gasteiger partial charge in [-0.1, -0.05) is 66.2 Å². The summed E-state index contributed by atoms with van der Waals surface area (Å²) in [5, 5.41) is 3.25. The maximum atomic E-state index is 13.9. The molecule has 7 nitrogen and oxygen atoms in total. The third kappa shape index (κ3) is 4.02. The van der Waals surface area contributed by atoms with Gasteiger partial charge in [-0.25, -0.2) is 13.3 Å². The van der Waals surface area contributed by atoms with Crippen molar-refractivity contribution in [3.63, 3.8) is 0 Å². The standard InChI is InChI=1S/C33H27N3O4S/c1-22-12-14-24(15-13-22)41(39,40)35-20-18-34(19-21-35)29-17-16-28-31-26(29)9-5-10-27(31)32(37)36(33(28)38)30-11-4-7-23-6-2-3-8-25(23)30/h2-17H,18-21H2,1H3. The number of aryl methyl sites for hydroxylation is 1. The van der Waals surface area contributed by atoms with Crippen LogP contribution in [0.25, 0.3) is 21.5 Å². The summed E-state index contributed by atoms with van der Waals surface area (Å²) in [4.78, 5) is 31.5. The summed E-state index contributed by atoms with van der Waals surface area (Å²) < 4.78 is 28.0. The van der Waals surface area contributed by atoms with Crippen molar-refractivity contribution in [3.05, 3.63) is 114 Å². The molecule has 204 valence electrons. The molecule has 0 unspecified atom stereocenters. The molecule has 0 atom stereocenters. The highest BCUT2D eigenvalue weighted by Crippen LogP contribution is 2.39. The molecule has 7 rings (SSSR count). The third-order valence-electron chi connectivity index (χ3n) is 8.13. The second-order valence-corrected chi connectivity index (χ2v) is 12.4. The van der Waals surface area contributed by atoms with Gasteiger partial charge < -0.3 is 4.90 Å². The first-order chi connectivity index (χ1) is 19.8. The van der Waals surface area contributed by atoms with Gasteiger partial charge in [-0.2, -0.15) is 4.31 Å². The Morgan fingerprint density at radius 2 is 1.24 bits per heavy atom. The fraction of sp³-hybridized carbons (Fsp3) is 0.152. The van der Waals surface area contributed by atoms with E-state index in [1.807, 2.05) is 79.7 Å². The number of nitrogens with zero attached hydrogens (tertiary/aromatic N) is 3. The van der Waals surface area contributed by atoms with Crippen molar-refractivity contribution in [2.45, 2.75) is 11.8 Å². The van der Waals surface area contributed by atoms with Crippen LogP contribution in [-0.4, -0.2) is 50.7 Å². The van der Waals surface area contributed by atoms with Crippen molar-refractivity contribution < 1.29 is 18.0 Å². The molecule has 0 bridgehead atoms. The van der Waals surface area contributed by atoms with Gasteiger partial charge in [0.25, 0.3) is 11.8 Å². The molecule has 41 heavy (non-hydrogen) atoms. The van der Waals surface area contributed by atoms with E-state index in [4.69, 9.17) is 0 Å². The highest BCUT2D eigenvalue weighted by atomic mass is 32.2. The molecular weight excluding hydrogens is 534 g/mol. The molecule has 0 spiro atoms. The number of hydrogen-bond donors (Lipinski definition) is 0. The van der Waals surface area contributed by atoms with Crippen LogP contribution in [0.15, 0.2) is 102 Å². The minimum atomic E-state index is -3.59. The van der Waals surface area contributed by atoms with Crippen molar-refractivity contribution in [2.24, 2.45) is 0 Å². The normalized spacial score (nSPS) is 16.1. The van der Waals surface area contributed by atoms with Crippen LogP contribution in [0.5, 0.6) is 0 Å². The Hall–Kier alpha value is -4.53. The molecule has 2 aliphatic heterocycles. The summed E-state index contributed by atoms with van der Waals surface area (Å²) in [5.74, 6) is -0.703. The van der Waals surface area contributed by atoms with E-state index in [-0.39, 0.29) is 11.8 Å². The second kappa shape index (κ2) is 9.54. The smallest absolute Gasteiger partial charge is 0.266 e. The summed E-state index contributed by atoms with van der Waals surface area (Å²) in [6.45, 7) is 3.59. The number of benzene rings is 5. The van der Waals surface area contributed by atoms with E-state index in [0.717, 1.165) is 27.4 Å². The van der Waals surface area contributed by atoms with E-state index < -0.39 is 10.0 Å². The molecule has 5 aromatic carbocycles. The summed E-state index contributed by atoms with van der Waals surface area (Å²) in [6, 6.07) is 29.5. The van der Waals surface area contributed by atoms with Crippen molar-refractivity contribution in [1.29, 1.82) is 0 Å². The van der Waals surface area contributed by atoms with E-state index in [2.05, 4.69) is 4.90 Å². The Balaban J connectivity index is 1.22. The van der Waals surface area contributed by atoms with Gasteiger partial charge in [0.2, 0.25) is 10.0 Å². The van der Waals surface area contributed by atoms with Crippen molar-refractivity contribution >= 4 is 54.8 Å². The Morgan fingerprint density at radius 3 is 2.00 bits per heavy atom. The van der Waals surface area contributed by atoms with Gasteiger partial charge in [0.1, 0.15) is 0 Å². The number of imide groups is 1. The van der Waals surface area contributed by atoms with E-state index in [9.17, 15) is 18.0 Å². The lowest BCUT2D eigenvalue weighted by atomic mass is 9.92. The molecular formula is C33H27N3O4S. The summed E-state index contributed by atoms with van der Waals surface area (Å²) in [7, 11) is -3.59. The summed E-state index contributed by atoms with van der Waals surface area (Å²) in [5.41, 5.74) is 3.42. The number of sulfonamides is 1. The molecule has 0 saturated carbocycles. The van der Waals surface area contributed by atoms with Crippen LogP contribution >= 0.6 is 0 Å². The summed E-state index contributed by atoms with van der Waals surface area (Å²) in [6.07, 6.45) is 0. The number of fused-ring (bicyclic) bond motifs is 1. The zero-order valence-electron chi connectivity index (χ0n) is 22.4. The first-order valence-electron chi connectivity index (χ1n) is 13.6. The summed E-state index contributed by atoms with van der Waals surface area (Å²) >= 11 is 0. The lowest BCUT2D eigenvalue weighted by molar-refractivity contribution is 0.0894. The van der Waals surface area contributed by atoms with Crippen LogP contribution in [0.1, 0.15) is 26.3 Å². The van der Waals surface area contributed by atoms with Gasteiger partial charge in [0.15, 0.2) is 0 Å². The molecule has 0 N–H and O–H groups in total. The number of piperazine rings is 1. The molecule has 2 heterocycles. The highest BCUT2D eigenvalue weighted by Gasteiger charge is 2.36. The highest BCUT2D eigenvalue weighted by molar-refractivity contribution is 7.89. The minimum absolute atomic E-state index is 0.297. The predicted molar refractivity (Wildman–Crippen MR) is 161 cm³/mol. The van der Waals surface area contributed by atoms with Gasteiger partial charge in [0.05, 0.1) is 10.6 Å². The molecule has 2 aliphatic rings. The van der Waals surface area contributed by atoms with Crippen molar-refractivity contribution in [2.75, 3.05) is 36.0 Å². The minimum Gasteiger partial charge on any atom is -0.368 e. The van der Waals surface area contributed by atoms with Crippen LogP contribution in [0.4, 0.5) is 11.4 Å². The fourth-order valence-electron chi connectivity index (χ4n) is 6.01. The monoisotopic (exact) mass is 561 g/mol. The lowest BCUT2D eigenvalue weighted by Gasteiger charge is -2.36. The van der Waals surface area contributed by atoms with E-state index >= 15 is 0 Å². The number of hydrogen-bond acceptors (Lipinski definition) is 5. The SMILES string of the molecule is Cc1ccc(S(=O)(=O)N2CCN(c3ccc4c5c(cccc35)C(=O)N(c3cccc5ccccc35)C4=O)CC2)cc1. The number of anilines is 2. The molecule has 8 heteroatoms. The molecule has 2 amide bonds. The van der Waals surface area contributed by atoms with Crippen molar-refractivity contribution in [1.82, 2.24) is 4.31 Å². The van der Waals surface area contributed by atoms with Crippen LogP contribution < -0.4 is 9.80 Å². The average molecular weight is 562 g/mol. The largest absolute Gasteiger partial charge is 0.368 e. The molecule has 1 saturated heterocycles. The molecule has 0 radical (unpaired) electrons. The lowest BCUT2D eigenvalue weighted by Crippen LogP contribution is -2.48. The topological polar surface area (TPSA) is 78.0 Å². The number of amides is 2. The Morgan fingerprint density at radius 1 is 0.610 bits per heavy atom. The predicted octanol–water partition coefficient (Wildman–Crippen LogP) is 5.61. The zero-order chi connectivity index (χ0) is 28.3. The first kappa shape index (κ1) is 25.4. The van der Waals surface area contributed by atoms with E-state index in [1.165, 1.54) is 9.21 Å². The number of rotatable bonds is 4. The molecule has 1 fully saturated rings. The van der Waals surface area contributed by atoms with Gasteiger partial charge in [-0.05, 0) is 48.7 Å². The van der Waals surface area contributed by atoms with Crippen molar-refractivity contribution in [3.8, 4) is 0 Å². The van der Waals surface area contributed by atoms with Gasteiger partial charge in [0, 0.05) is 59.2 Å². The van der Waals surface area contributed by atoms with Crippen LogP contribution in [0, 0.1) is 6.92 Å². The first-order valence-corrected chi connectivity index (χ1v) is 15.0. The molecule has 0 aromatic heterocycles. The van der Waals surface area contributed by atoms with E-state index in [0.29, 0.717) is 53.3 Å². The third-order valence-corrected chi connectivity index (χ3v) is 10.0. The van der Waals surface area contributed by atoms with Gasteiger partial charge in [-0.3, -0.25) is 9.59 Å². The zero-order valence-corrected chi connectivity index (χ0v) is 23.3. The molecule has 5 aromatic rings. The van der Waals surface area contributed by atoms with Gasteiger partial charge >= 0.3 is 0 Å². The quantitative estimate of drug-likeness (QED) is 0.267. The van der Waals surface area contributed by atoms with Crippen LogP contribution in [-0.2, 0) is 10.0 Å². The fourth-order valence-corrected chi connectivity index (χ4v) is 7.43. The van der Waals surface area contributed by atoms with Gasteiger partial charge in [-0.15, -0.1) is 0 Å². The maximum Gasteiger partial charge on any atom is 0.266 e. The Labute approximate surface area is 238 Å². The average Bonchev–Trinajstić information content (AvgIpc) is 3.00. The second-order valence-electron chi connectivity index (χ2n) is 10.5. The molecule has 0 aliphatic carbocycles. The Kier molecular flexibility index (Phi) is 5.92. The number of carbonyl (C=O) groups excluding carboxylic acids is 2.